The molecule has 1 heterocycles. The van der Waals surface area contributed by atoms with Crippen LogP contribution in [0.5, 0.6) is 0 Å². The van der Waals surface area contributed by atoms with Crippen molar-refractivity contribution in [1.29, 1.82) is 0 Å². The summed E-state index contributed by atoms with van der Waals surface area (Å²) in [5, 5.41) is 2.79. The molecule has 0 aromatic rings. The molecule has 1 N–H and O–H groups in total. The van der Waals surface area contributed by atoms with E-state index in [1.165, 1.54) is 0 Å². The Morgan fingerprint density at radius 1 is 1.50 bits per heavy atom. The maximum absolute atomic E-state index is 11.4. The first-order chi connectivity index (χ1) is 7.09. The second-order valence-electron chi connectivity index (χ2n) is 4.07. The lowest BCUT2D eigenvalue weighted by molar-refractivity contribution is -0.133. The van der Waals surface area contributed by atoms with Gasteiger partial charge in [-0.1, -0.05) is 0 Å². The average molecular weight is 250 g/mol. The van der Waals surface area contributed by atoms with E-state index in [0.29, 0.717) is 13.0 Å². The Balaban J connectivity index is 0.00000225. The van der Waals surface area contributed by atoms with Crippen LogP contribution < -0.4 is 5.32 Å². The number of halogens is 1. The van der Waals surface area contributed by atoms with E-state index in [1.54, 1.807) is 4.90 Å². The lowest BCUT2D eigenvalue weighted by atomic mass is 10.4. The second kappa shape index (κ2) is 7.46. The molecule has 1 rings (SSSR count). The third-order valence-corrected chi connectivity index (χ3v) is 2.39. The summed E-state index contributed by atoms with van der Waals surface area (Å²) in [6, 6.07) is 0. The summed E-state index contributed by atoms with van der Waals surface area (Å²) in [7, 11) is 3.91. The Bertz CT molecular complexity index is 246. The van der Waals surface area contributed by atoms with E-state index >= 15 is 0 Å². The van der Waals surface area contributed by atoms with Gasteiger partial charge in [-0.15, -0.1) is 12.4 Å². The van der Waals surface area contributed by atoms with Gasteiger partial charge in [0.05, 0.1) is 6.54 Å². The molecule has 1 aliphatic rings. The average Bonchev–Trinajstić information content (AvgIpc) is 2.51. The lowest BCUT2D eigenvalue weighted by Crippen LogP contribution is -2.40. The zero-order chi connectivity index (χ0) is 11.3. The minimum Gasteiger partial charge on any atom is -0.353 e. The number of likely N-dealkylation sites (tertiary alicyclic amines) is 1. The predicted octanol–water partition coefficient (Wildman–Crippen LogP) is -0.292. The third kappa shape index (κ3) is 5.32. The van der Waals surface area contributed by atoms with E-state index in [-0.39, 0.29) is 30.8 Å². The highest BCUT2D eigenvalue weighted by Gasteiger charge is 2.21. The Hall–Kier alpha value is -0.810. The van der Waals surface area contributed by atoms with Crippen molar-refractivity contribution in [2.24, 2.45) is 0 Å². The van der Waals surface area contributed by atoms with Crippen LogP contribution in [0, 0.1) is 0 Å². The van der Waals surface area contributed by atoms with E-state index in [0.717, 1.165) is 19.5 Å². The molecular weight excluding hydrogens is 230 g/mol. The molecule has 0 unspecified atom stereocenters. The van der Waals surface area contributed by atoms with E-state index in [9.17, 15) is 9.59 Å². The first kappa shape index (κ1) is 15.2. The highest BCUT2D eigenvalue weighted by molar-refractivity contribution is 5.86. The quantitative estimate of drug-likeness (QED) is 0.729. The second-order valence-corrected chi connectivity index (χ2v) is 4.07. The van der Waals surface area contributed by atoms with Crippen molar-refractivity contribution >= 4 is 24.2 Å². The van der Waals surface area contributed by atoms with Crippen LogP contribution in [0.25, 0.3) is 0 Å². The Morgan fingerprint density at radius 3 is 2.69 bits per heavy atom. The van der Waals surface area contributed by atoms with Crippen LogP contribution in [0.3, 0.4) is 0 Å². The van der Waals surface area contributed by atoms with Crippen molar-refractivity contribution < 1.29 is 9.59 Å². The summed E-state index contributed by atoms with van der Waals surface area (Å²) >= 11 is 0. The van der Waals surface area contributed by atoms with Crippen LogP contribution in [-0.2, 0) is 9.59 Å². The smallest absolute Gasteiger partial charge is 0.239 e. The molecule has 0 radical (unpaired) electrons. The first-order valence-corrected chi connectivity index (χ1v) is 5.29. The summed E-state index contributed by atoms with van der Waals surface area (Å²) in [4.78, 5) is 26.2. The number of carbonyl (C=O) groups is 2. The Labute approximate surface area is 103 Å². The number of likely N-dealkylation sites (N-methyl/N-ethyl adjacent to an activating group) is 1. The Kier molecular flexibility index (Phi) is 7.08. The minimum absolute atomic E-state index is 0. The molecule has 0 spiro atoms. The number of nitrogens with one attached hydrogen (secondary N) is 1. The van der Waals surface area contributed by atoms with Gasteiger partial charge >= 0.3 is 0 Å². The van der Waals surface area contributed by atoms with Crippen LogP contribution in [-0.4, -0.2) is 61.9 Å². The standard InChI is InChI=1S/C10H19N3O2.ClH/c1-12(2)7-5-11-9(14)8-13-6-3-4-10(13)15;/h3-8H2,1-2H3,(H,11,14);1H. The Morgan fingerprint density at radius 2 is 2.19 bits per heavy atom. The number of hydrogen-bond acceptors (Lipinski definition) is 3. The molecular formula is C10H20ClN3O2. The monoisotopic (exact) mass is 249 g/mol. The van der Waals surface area contributed by atoms with Gasteiger partial charge < -0.3 is 15.1 Å². The molecule has 0 atom stereocenters. The summed E-state index contributed by atoms with van der Waals surface area (Å²) in [5.41, 5.74) is 0. The molecule has 94 valence electrons. The SMILES string of the molecule is CN(C)CCNC(=O)CN1CCCC1=O.Cl. The van der Waals surface area contributed by atoms with Crippen LogP contribution >= 0.6 is 12.4 Å². The van der Waals surface area contributed by atoms with E-state index < -0.39 is 0 Å². The molecule has 0 aliphatic carbocycles. The molecule has 16 heavy (non-hydrogen) atoms. The zero-order valence-corrected chi connectivity index (χ0v) is 10.7. The van der Waals surface area contributed by atoms with Crippen molar-refractivity contribution in [2.45, 2.75) is 12.8 Å². The summed E-state index contributed by atoms with van der Waals surface area (Å²) < 4.78 is 0. The summed E-state index contributed by atoms with van der Waals surface area (Å²) in [6.45, 7) is 2.39. The van der Waals surface area contributed by atoms with Gasteiger partial charge in [0, 0.05) is 26.1 Å². The molecule has 2 amide bonds. The van der Waals surface area contributed by atoms with Gasteiger partial charge in [-0.25, -0.2) is 0 Å². The van der Waals surface area contributed by atoms with Gasteiger partial charge in [0.1, 0.15) is 0 Å². The highest BCUT2D eigenvalue weighted by atomic mass is 35.5. The topological polar surface area (TPSA) is 52.7 Å². The summed E-state index contributed by atoms with van der Waals surface area (Å²) in [5.74, 6) is 0.0323. The molecule has 6 heteroatoms. The van der Waals surface area contributed by atoms with Gasteiger partial charge in [-0.3, -0.25) is 9.59 Å². The van der Waals surface area contributed by atoms with Gasteiger partial charge in [-0.05, 0) is 20.5 Å². The molecule has 0 saturated carbocycles. The van der Waals surface area contributed by atoms with Gasteiger partial charge in [0.15, 0.2) is 0 Å². The van der Waals surface area contributed by atoms with Gasteiger partial charge in [0.25, 0.3) is 0 Å². The van der Waals surface area contributed by atoms with Crippen molar-refractivity contribution in [3.63, 3.8) is 0 Å². The van der Waals surface area contributed by atoms with Crippen molar-refractivity contribution in [1.82, 2.24) is 15.1 Å². The fourth-order valence-corrected chi connectivity index (χ4v) is 1.52. The number of rotatable bonds is 5. The number of carbonyl (C=O) groups excluding carboxylic acids is 2. The van der Waals surface area contributed by atoms with E-state index in [1.807, 2.05) is 19.0 Å². The third-order valence-electron chi connectivity index (χ3n) is 2.39. The van der Waals surface area contributed by atoms with Crippen LogP contribution in [0.1, 0.15) is 12.8 Å². The molecule has 0 aromatic carbocycles. The lowest BCUT2D eigenvalue weighted by Gasteiger charge is -2.15. The molecule has 1 aliphatic heterocycles. The van der Waals surface area contributed by atoms with E-state index in [4.69, 9.17) is 0 Å². The van der Waals surface area contributed by atoms with Crippen LogP contribution in [0.4, 0.5) is 0 Å². The van der Waals surface area contributed by atoms with E-state index in [2.05, 4.69) is 5.32 Å². The molecule has 0 aromatic heterocycles. The minimum atomic E-state index is -0.0629. The van der Waals surface area contributed by atoms with Crippen LogP contribution in [0.15, 0.2) is 0 Å². The fraction of sp³-hybridized carbons (Fsp3) is 0.800. The number of nitrogens with zero attached hydrogens (tertiary/aromatic N) is 2. The maximum atomic E-state index is 11.4. The number of hydrogen-bond donors (Lipinski definition) is 1. The van der Waals surface area contributed by atoms with Crippen LogP contribution in [0.2, 0.25) is 0 Å². The zero-order valence-electron chi connectivity index (χ0n) is 9.86. The molecule has 1 saturated heterocycles. The fourth-order valence-electron chi connectivity index (χ4n) is 1.52. The largest absolute Gasteiger partial charge is 0.353 e. The van der Waals surface area contributed by atoms with Gasteiger partial charge in [0.2, 0.25) is 11.8 Å². The predicted molar refractivity (Wildman–Crippen MR) is 64.6 cm³/mol. The molecule has 1 fully saturated rings. The van der Waals surface area contributed by atoms with Crippen molar-refractivity contribution in [3.8, 4) is 0 Å². The van der Waals surface area contributed by atoms with Crippen molar-refractivity contribution in [3.05, 3.63) is 0 Å². The molecule has 0 bridgehead atoms. The first-order valence-electron chi connectivity index (χ1n) is 5.29. The summed E-state index contributed by atoms with van der Waals surface area (Å²) in [6.07, 6.45) is 1.47. The highest BCUT2D eigenvalue weighted by Crippen LogP contribution is 2.08. The van der Waals surface area contributed by atoms with Gasteiger partial charge in [-0.2, -0.15) is 0 Å². The molecule has 5 nitrogen and oxygen atoms in total. The van der Waals surface area contributed by atoms with Crippen molar-refractivity contribution in [2.75, 3.05) is 40.3 Å². The maximum Gasteiger partial charge on any atom is 0.239 e. The normalized spacial score (nSPS) is 15.2. The number of amides is 2.